The first-order valence-electron chi connectivity index (χ1n) is 6.24. The smallest absolute Gasteiger partial charge is 0.162 e. The second-order valence-electron chi connectivity index (χ2n) is 4.55. The molecule has 1 atom stereocenters. The van der Waals surface area contributed by atoms with Crippen LogP contribution in [0.3, 0.4) is 0 Å². The van der Waals surface area contributed by atoms with Crippen LogP contribution >= 0.6 is 50.7 Å². The van der Waals surface area contributed by atoms with Crippen molar-refractivity contribution in [3.8, 4) is 11.5 Å². The summed E-state index contributed by atoms with van der Waals surface area (Å²) in [6.07, 6.45) is 0. The molecule has 2 aromatic carbocycles. The molecule has 110 valence electrons. The highest BCUT2D eigenvalue weighted by molar-refractivity contribution is 9.10. The maximum Gasteiger partial charge on any atom is 0.162 e. The molecule has 0 aromatic heterocycles. The Morgan fingerprint density at radius 3 is 2.29 bits per heavy atom. The molecule has 6 heteroatoms. The van der Waals surface area contributed by atoms with Gasteiger partial charge in [-0.25, -0.2) is 0 Å². The van der Waals surface area contributed by atoms with Crippen molar-refractivity contribution in [2.24, 2.45) is 0 Å². The highest BCUT2D eigenvalue weighted by atomic mass is 79.9. The maximum absolute atomic E-state index is 6.55. The van der Waals surface area contributed by atoms with Crippen LogP contribution in [0.1, 0.15) is 16.5 Å². The largest absolute Gasteiger partial charge is 0.486 e. The summed E-state index contributed by atoms with van der Waals surface area (Å²) in [7, 11) is 0. The van der Waals surface area contributed by atoms with E-state index in [-0.39, 0.29) is 0 Å². The van der Waals surface area contributed by atoms with Crippen molar-refractivity contribution in [1.82, 2.24) is 0 Å². The number of benzene rings is 2. The summed E-state index contributed by atoms with van der Waals surface area (Å²) >= 11 is 22.3. The summed E-state index contributed by atoms with van der Waals surface area (Å²) in [5.41, 5.74) is 1.63. The second kappa shape index (κ2) is 6.25. The van der Waals surface area contributed by atoms with E-state index >= 15 is 0 Å². The van der Waals surface area contributed by atoms with Crippen molar-refractivity contribution in [3.05, 3.63) is 56.0 Å². The van der Waals surface area contributed by atoms with E-state index in [0.717, 1.165) is 15.6 Å². The van der Waals surface area contributed by atoms with Gasteiger partial charge in [0.1, 0.15) is 13.2 Å². The van der Waals surface area contributed by atoms with Crippen molar-refractivity contribution in [2.45, 2.75) is 5.38 Å². The zero-order chi connectivity index (χ0) is 15.0. The van der Waals surface area contributed by atoms with Crippen molar-refractivity contribution < 1.29 is 9.47 Å². The zero-order valence-electron chi connectivity index (χ0n) is 10.7. The van der Waals surface area contributed by atoms with Gasteiger partial charge in [-0.05, 0) is 45.3 Å². The Kier molecular flexibility index (Phi) is 4.55. The molecule has 1 aliphatic heterocycles. The predicted octanol–water partition coefficient (Wildman–Crippen LogP) is 5.86. The average molecular weight is 409 g/mol. The van der Waals surface area contributed by atoms with E-state index in [1.165, 1.54) is 0 Å². The van der Waals surface area contributed by atoms with Crippen LogP contribution in [-0.2, 0) is 0 Å². The van der Waals surface area contributed by atoms with E-state index in [2.05, 4.69) is 15.9 Å². The standard InChI is InChI=1S/C15H10BrCl3O2/c16-10-2-1-8(5-12(10)18)15(19)9-6-13-14(7-11(9)17)21-4-3-20-13/h1-2,5-7,15H,3-4H2. The Labute approximate surface area is 146 Å². The molecule has 1 heterocycles. The van der Waals surface area contributed by atoms with Crippen LogP contribution in [0.2, 0.25) is 10.0 Å². The van der Waals surface area contributed by atoms with Gasteiger partial charge in [0.15, 0.2) is 11.5 Å². The summed E-state index contributed by atoms with van der Waals surface area (Å²) in [6, 6.07) is 9.14. The summed E-state index contributed by atoms with van der Waals surface area (Å²) in [6.45, 7) is 1.04. The van der Waals surface area contributed by atoms with Crippen molar-refractivity contribution in [1.29, 1.82) is 0 Å². The molecule has 3 rings (SSSR count). The molecule has 0 spiro atoms. The highest BCUT2D eigenvalue weighted by Gasteiger charge is 2.21. The third kappa shape index (κ3) is 3.11. The minimum Gasteiger partial charge on any atom is -0.486 e. The number of hydrogen-bond acceptors (Lipinski definition) is 2. The number of alkyl halides is 1. The molecule has 1 aliphatic rings. The summed E-state index contributed by atoms with van der Waals surface area (Å²) in [4.78, 5) is 0. The Balaban J connectivity index is 2.00. The molecule has 0 amide bonds. The molecule has 0 radical (unpaired) electrons. The Bertz CT molecular complexity index is 691. The van der Waals surface area contributed by atoms with E-state index in [1.54, 1.807) is 6.07 Å². The molecule has 0 bridgehead atoms. The van der Waals surface area contributed by atoms with Gasteiger partial charge in [-0.2, -0.15) is 0 Å². The number of fused-ring (bicyclic) bond motifs is 1. The minimum absolute atomic E-state index is 0.418. The quantitative estimate of drug-likeness (QED) is 0.580. The van der Waals surface area contributed by atoms with Crippen LogP contribution in [0.5, 0.6) is 11.5 Å². The van der Waals surface area contributed by atoms with Gasteiger partial charge >= 0.3 is 0 Å². The van der Waals surface area contributed by atoms with Crippen LogP contribution < -0.4 is 9.47 Å². The number of rotatable bonds is 2. The van der Waals surface area contributed by atoms with Crippen LogP contribution in [0, 0.1) is 0 Å². The number of ether oxygens (including phenoxy) is 2. The van der Waals surface area contributed by atoms with Gasteiger partial charge in [-0.1, -0.05) is 29.3 Å². The van der Waals surface area contributed by atoms with E-state index < -0.39 is 5.38 Å². The summed E-state index contributed by atoms with van der Waals surface area (Å²) in [5.74, 6) is 1.31. The lowest BCUT2D eigenvalue weighted by molar-refractivity contribution is 0.171. The third-order valence-electron chi connectivity index (χ3n) is 3.17. The molecule has 2 aromatic rings. The van der Waals surface area contributed by atoms with E-state index in [4.69, 9.17) is 44.3 Å². The van der Waals surface area contributed by atoms with Gasteiger partial charge in [0.2, 0.25) is 0 Å². The number of halogens is 4. The molecule has 21 heavy (non-hydrogen) atoms. The zero-order valence-corrected chi connectivity index (χ0v) is 14.6. The lowest BCUT2D eigenvalue weighted by atomic mass is 10.0. The van der Waals surface area contributed by atoms with E-state index in [9.17, 15) is 0 Å². The fourth-order valence-electron chi connectivity index (χ4n) is 2.12. The molecule has 0 saturated carbocycles. The number of hydrogen-bond donors (Lipinski definition) is 0. The van der Waals surface area contributed by atoms with Gasteiger partial charge in [-0.3, -0.25) is 0 Å². The maximum atomic E-state index is 6.55. The first-order valence-corrected chi connectivity index (χ1v) is 8.23. The molecular weight excluding hydrogens is 398 g/mol. The Morgan fingerprint density at radius 1 is 0.952 bits per heavy atom. The van der Waals surface area contributed by atoms with Crippen LogP contribution in [0.15, 0.2) is 34.8 Å². The van der Waals surface area contributed by atoms with Crippen molar-refractivity contribution in [3.63, 3.8) is 0 Å². The first kappa shape index (κ1) is 15.3. The molecule has 1 unspecified atom stereocenters. The summed E-state index contributed by atoms with van der Waals surface area (Å²) < 4.78 is 11.9. The highest BCUT2D eigenvalue weighted by Crippen LogP contribution is 2.42. The van der Waals surface area contributed by atoms with Gasteiger partial charge in [0.05, 0.1) is 10.4 Å². The summed E-state index contributed by atoms with van der Waals surface area (Å²) in [5, 5.41) is 0.726. The molecule has 0 aliphatic carbocycles. The fraction of sp³-hybridized carbons (Fsp3) is 0.200. The molecule has 0 fully saturated rings. The molecule has 0 saturated heterocycles. The molecular formula is C15H10BrCl3O2. The second-order valence-corrected chi connectivity index (χ2v) is 6.66. The minimum atomic E-state index is -0.418. The van der Waals surface area contributed by atoms with E-state index in [1.807, 2.05) is 24.3 Å². The Morgan fingerprint density at radius 2 is 1.62 bits per heavy atom. The third-order valence-corrected chi connectivity index (χ3v) is 5.22. The normalized spacial score (nSPS) is 14.9. The first-order chi connectivity index (χ1) is 10.1. The van der Waals surface area contributed by atoms with Crippen LogP contribution in [-0.4, -0.2) is 13.2 Å². The lowest BCUT2D eigenvalue weighted by Crippen LogP contribution is -2.15. The molecule has 2 nitrogen and oxygen atoms in total. The van der Waals surface area contributed by atoms with Gasteiger partial charge in [0, 0.05) is 15.6 Å². The van der Waals surface area contributed by atoms with Crippen LogP contribution in [0.25, 0.3) is 0 Å². The average Bonchev–Trinajstić information content (AvgIpc) is 2.48. The SMILES string of the molecule is Clc1cc(C(Cl)c2cc3c(cc2Cl)OCCO3)ccc1Br. The fourth-order valence-corrected chi connectivity index (χ4v) is 3.19. The van der Waals surface area contributed by atoms with Gasteiger partial charge in [-0.15, -0.1) is 11.6 Å². The predicted molar refractivity (Wildman–Crippen MR) is 89.3 cm³/mol. The van der Waals surface area contributed by atoms with E-state index in [0.29, 0.717) is 34.8 Å². The van der Waals surface area contributed by atoms with Crippen LogP contribution in [0.4, 0.5) is 0 Å². The molecule has 0 N–H and O–H groups in total. The van der Waals surface area contributed by atoms with Gasteiger partial charge in [0.25, 0.3) is 0 Å². The monoisotopic (exact) mass is 406 g/mol. The van der Waals surface area contributed by atoms with Gasteiger partial charge < -0.3 is 9.47 Å². The topological polar surface area (TPSA) is 18.5 Å². The lowest BCUT2D eigenvalue weighted by Gasteiger charge is -2.21. The van der Waals surface area contributed by atoms with Crippen molar-refractivity contribution >= 4 is 50.7 Å². The Hall–Kier alpha value is -0.610. The van der Waals surface area contributed by atoms with Crippen molar-refractivity contribution in [2.75, 3.05) is 13.2 Å².